The van der Waals surface area contributed by atoms with E-state index in [1.165, 1.54) is 27.8 Å². The molecule has 0 aromatic heterocycles. The van der Waals surface area contributed by atoms with Gasteiger partial charge in [-0.05, 0) is 90.0 Å². The highest BCUT2D eigenvalue weighted by Crippen LogP contribution is 2.54. The molecule has 30 heavy (non-hydrogen) atoms. The van der Waals surface area contributed by atoms with Crippen molar-refractivity contribution in [3.05, 3.63) is 69.8 Å². The molecular weight excluding hydrogens is 368 g/mol. The molecule has 2 heteroatoms. The van der Waals surface area contributed by atoms with Gasteiger partial charge in [0, 0.05) is 0 Å². The number of benzene rings is 2. The number of carbonyl (C=O) groups excluding carboxylic acids is 1. The van der Waals surface area contributed by atoms with Crippen LogP contribution < -0.4 is 0 Å². The van der Waals surface area contributed by atoms with E-state index in [9.17, 15) is 4.79 Å². The minimum absolute atomic E-state index is 0.112. The maximum Gasteiger partial charge on any atom is 0.338 e. The van der Waals surface area contributed by atoms with E-state index in [0.29, 0.717) is 11.5 Å². The monoisotopic (exact) mass is 404 g/mol. The Kier molecular flexibility index (Phi) is 5.75. The molecule has 3 rings (SSSR count). The second-order valence-electron chi connectivity index (χ2n) is 10.3. The van der Waals surface area contributed by atoms with Gasteiger partial charge in [-0.3, -0.25) is 0 Å². The molecule has 0 N–H and O–H groups in total. The lowest BCUT2D eigenvalue weighted by molar-refractivity contribution is 0.0378. The number of ether oxygens (including phenoxy) is 1. The zero-order valence-electron chi connectivity index (χ0n) is 20.0. The average molecular weight is 405 g/mol. The fourth-order valence-electron chi connectivity index (χ4n) is 4.89. The lowest BCUT2D eigenvalue weighted by Crippen LogP contribution is -2.30. The predicted octanol–water partition coefficient (Wildman–Crippen LogP) is 7.33. The van der Waals surface area contributed by atoms with E-state index < -0.39 is 0 Å². The molecule has 2 aromatic rings. The zero-order chi connectivity index (χ0) is 22.4. The van der Waals surface area contributed by atoms with Gasteiger partial charge in [0.25, 0.3) is 0 Å². The van der Waals surface area contributed by atoms with Crippen LogP contribution in [0.4, 0.5) is 0 Å². The lowest BCUT2D eigenvalue weighted by atomic mass is 9.71. The van der Waals surface area contributed by atoms with Gasteiger partial charge in [-0.1, -0.05) is 65.0 Å². The standard InChI is InChI=1S/C28H36O2/c1-17(2)30-26(29)22-12-10-21(11-13-22)14-18(3)23-16-25-24(15-19(23)4)27(6,7)20(5)28(25,8)9/h10-17,20H,1-9H3. The van der Waals surface area contributed by atoms with E-state index in [1.807, 2.05) is 38.1 Å². The molecule has 0 saturated carbocycles. The lowest BCUT2D eigenvalue weighted by Gasteiger charge is -2.32. The largest absolute Gasteiger partial charge is 0.459 e. The van der Waals surface area contributed by atoms with Gasteiger partial charge in [0.1, 0.15) is 0 Å². The Labute approximate surface area is 182 Å². The van der Waals surface area contributed by atoms with E-state index in [-0.39, 0.29) is 22.9 Å². The summed E-state index contributed by atoms with van der Waals surface area (Å²) in [5, 5.41) is 0. The molecule has 1 aliphatic carbocycles. The minimum atomic E-state index is -0.273. The summed E-state index contributed by atoms with van der Waals surface area (Å²) in [4.78, 5) is 12.1. The molecule has 1 atom stereocenters. The van der Waals surface area contributed by atoms with Gasteiger partial charge in [0.2, 0.25) is 0 Å². The number of hydrogen-bond acceptors (Lipinski definition) is 2. The number of rotatable bonds is 4. The molecular formula is C28H36O2. The van der Waals surface area contributed by atoms with Crippen molar-refractivity contribution in [2.45, 2.75) is 79.2 Å². The van der Waals surface area contributed by atoms with Crippen LogP contribution in [-0.2, 0) is 15.6 Å². The topological polar surface area (TPSA) is 26.3 Å². The van der Waals surface area contributed by atoms with Crippen LogP contribution in [-0.4, -0.2) is 12.1 Å². The van der Waals surface area contributed by atoms with Gasteiger partial charge in [0.15, 0.2) is 0 Å². The number of esters is 1. The Hall–Kier alpha value is -2.35. The van der Waals surface area contributed by atoms with E-state index in [1.54, 1.807) is 0 Å². The number of allylic oxidation sites excluding steroid dienone is 1. The third kappa shape index (κ3) is 3.85. The highest BCUT2D eigenvalue weighted by atomic mass is 16.5. The molecule has 1 aliphatic rings. The maximum atomic E-state index is 12.1. The van der Waals surface area contributed by atoms with Crippen molar-refractivity contribution in [3.63, 3.8) is 0 Å². The van der Waals surface area contributed by atoms with Crippen LogP contribution in [0.2, 0.25) is 0 Å². The second kappa shape index (κ2) is 7.72. The molecule has 0 saturated heterocycles. The van der Waals surface area contributed by atoms with Crippen LogP contribution in [0.1, 0.15) is 93.6 Å². The third-order valence-corrected chi connectivity index (χ3v) is 7.22. The third-order valence-electron chi connectivity index (χ3n) is 7.22. The Balaban J connectivity index is 1.95. The summed E-state index contributed by atoms with van der Waals surface area (Å²) in [6, 6.07) is 12.5. The van der Waals surface area contributed by atoms with Crippen molar-refractivity contribution >= 4 is 17.6 Å². The number of fused-ring (bicyclic) bond motifs is 1. The molecule has 2 aromatic carbocycles. The molecule has 0 aliphatic heterocycles. The first-order chi connectivity index (χ1) is 13.9. The van der Waals surface area contributed by atoms with Crippen LogP contribution in [0.5, 0.6) is 0 Å². The van der Waals surface area contributed by atoms with Crippen molar-refractivity contribution in [3.8, 4) is 0 Å². The molecule has 0 radical (unpaired) electrons. The average Bonchev–Trinajstić information content (AvgIpc) is 2.78. The van der Waals surface area contributed by atoms with Crippen molar-refractivity contribution in [1.29, 1.82) is 0 Å². The quantitative estimate of drug-likeness (QED) is 0.394. The normalized spacial score (nSPS) is 19.7. The first kappa shape index (κ1) is 22.3. The van der Waals surface area contributed by atoms with Crippen LogP contribution in [0.25, 0.3) is 11.6 Å². The summed E-state index contributed by atoms with van der Waals surface area (Å²) in [7, 11) is 0. The summed E-state index contributed by atoms with van der Waals surface area (Å²) in [6.07, 6.45) is 2.09. The van der Waals surface area contributed by atoms with Crippen molar-refractivity contribution in [1.82, 2.24) is 0 Å². The number of carbonyl (C=O) groups is 1. The molecule has 0 spiro atoms. The molecule has 0 bridgehead atoms. The number of hydrogen-bond donors (Lipinski definition) is 0. The van der Waals surface area contributed by atoms with Crippen molar-refractivity contribution in [2.24, 2.45) is 5.92 Å². The molecule has 0 heterocycles. The Morgan fingerprint density at radius 2 is 1.53 bits per heavy atom. The van der Waals surface area contributed by atoms with E-state index in [2.05, 4.69) is 66.7 Å². The Morgan fingerprint density at radius 1 is 1.00 bits per heavy atom. The first-order valence-electron chi connectivity index (χ1n) is 11.0. The fourth-order valence-corrected chi connectivity index (χ4v) is 4.89. The van der Waals surface area contributed by atoms with Gasteiger partial charge in [-0.2, -0.15) is 0 Å². The second-order valence-corrected chi connectivity index (χ2v) is 10.3. The van der Waals surface area contributed by atoms with Crippen molar-refractivity contribution in [2.75, 3.05) is 0 Å². The van der Waals surface area contributed by atoms with Crippen LogP contribution in [0.15, 0.2) is 36.4 Å². The molecule has 1 unspecified atom stereocenters. The molecule has 0 fully saturated rings. The van der Waals surface area contributed by atoms with Crippen molar-refractivity contribution < 1.29 is 9.53 Å². The summed E-state index contributed by atoms with van der Waals surface area (Å²) < 4.78 is 5.28. The van der Waals surface area contributed by atoms with Gasteiger partial charge < -0.3 is 4.74 Å². The first-order valence-corrected chi connectivity index (χ1v) is 11.0. The summed E-state index contributed by atoms with van der Waals surface area (Å²) in [5.74, 6) is 0.308. The minimum Gasteiger partial charge on any atom is -0.459 e. The Morgan fingerprint density at radius 3 is 2.07 bits per heavy atom. The van der Waals surface area contributed by atoms with E-state index in [0.717, 1.165) is 5.56 Å². The van der Waals surface area contributed by atoms with Crippen LogP contribution in [0.3, 0.4) is 0 Å². The number of aryl methyl sites for hydroxylation is 1. The van der Waals surface area contributed by atoms with Gasteiger partial charge in [-0.25, -0.2) is 4.79 Å². The predicted molar refractivity (Wildman–Crippen MR) is 127 cm³/mol. The Bertz CT molecular complexity index is 988. The molecule has 2 nitrogen and oxygen atoms in total. The summed E-state index contributed by atoms with van der Waals surface area (Å²) in [6.45, 7) is 20.0. The zero-order valence-corrected chi connectivity index (χ0v) is 20.0. The fraction of sp³-hybridized carbons (Fsp3) is 0.464. The van der Waals surface area contributed by atoms with Gasteiger partial charge in [-0.15, -0.1) is 0 Å². The van der Waals surface area contributed by atoms with Gasteiger partial charge >= 0.3 is 5.97 Å². The molecule has 0 amide bonds. The van der Waals surface area contributed by atoms with Gasteiger partial charge in [0.05, 0.1) is 11.7 Å². The smallest absolute Gasteiger partial charge is 0.338 e. The van der Waals surface area contributed by atoms with E-state index in [4.69, 9.17) is 4.74 Å². The summed E-state index contributed by atoms with van der Waals surface area (Å²) in [5.41, 5.74) is 8.82. The SMILES string of the molecule is CC(=Cc1ccc(C(=O)OC(C)C)cc1)c1cc2c(cc1C)C(C)(C)C(C)C2(C)C. The maximum absolute atomic E-state index is 12.1. The summed E-state index contributed by atoms with van der Waals surface area (Å²) >= 11 is 0. The van der Waals surface area contributed by atoms with Crippen LogP contribution in [0, 0.1) is 12.8 Å². The van der Waals surface area contributed by atoms with E-state index >= 15 is 0 Å². The van der Waals surface area contributed by atoms with Crippen LogP contribution >= 0.6 is 0 Å². The highest BCUT2D eigenvalue weighted by Gasteiger charge is 2.48. The molecule has 160 valence electrons. The highest BCUT2D eigenvalue weighted by molar-refractivity contribution is 5.90.